The Morgan fingerprint density at radius 2 is 1.88 bits per heavy atom. The van der Waals surface area contributed by atoms with Gasteiger partial charge in [0.25, 0.3) is 5.78 Å². The number of esters is 1. The van der Waals surface area contributed by atoms with Crippen LogP contribution in [0.5, 0.6) is 17.2 Å². The first kappa shape index (κ1) is 29.1. The maximum atomic E-state index is 13.6. The van der Waals surface area contributed by atoms with E-state index in [-0.39, 0.29) is 33.5 Å². The molecule has 3 aromatic rings. The zero-order valence-corrected chi connectivity index (χ0v) is 24.5. The molecule has 1 amide bonds. The number of aliphatic hydroxyl groups is 1. The number of thiazole rings is 1. The molecule has 1 fully saturated rings. The summed E-state index contributed by atoms with van der Waals surface area (Å²) in [7, 11) is 0. The Bertz CT molecular complexity index is 1550. The van der Waals surface area contributed by atoms with Gasteiger partial charge in [-0.05, 0) is 56.2 Å². The quantitative estimate of drug-likeness (QED) is 0.105. The van der Waals surface area contributed by atoms with Crippen molar-refractivity contribution in [2.24, 2.45) is 0 Å². The number of hydrogen-bond acceptors (Lipinski definition) is 10. The van der Waals surface area contributed by atoms with E-state index in [0.29, 0.717) is 48.3 Å². The third kappa shape index (κ3) is 5.69. The summed E-state index contributed by atoms with van der Waals surface area (Å²) < 4.78 is 22.4. The molecule has 11 heteroatoms. The summed E-state index contributed by atoms with van der Waals surface area (Å²) >= 11 is 0.956. The summed E-state index contributed by atoms with van der Waals surface area (Å²) in [5.41, 5.74) is 1.07. The van der Waals surface area contributed by atoms with Crippen LogP contribution in [0.15, 0.2) is 48.0 Å². The highest BCUT2D eigenvalue weighted by atomic mass is 32.1. The zero-order chi connectivity index (χ0) is 29.8. The number of unbranched alkanes of at least 4 members (excludes halogenated alkanes) is 2. The lowest BCUT2D eigenvalue weighted by atomic mass is 9.95. The number of hydrogen-bond donors (Lipinski definition) is 1. The lowest BCUT2D eigenvalue weighted by Crippen LogP contribution is -2.29. The molecule has 0 saturated carbocycles. The van der Waals surface area contributed by atoms with Gasteiger partial charge in [0.2, 0.25) is 0 Å². The molecule has 1 aromatic heterocycles. The van der Waals surface area contributed by atoms with Gasteiger partial charge >= 0.3 is 11.9 Å². The van der Waals surface area contributed by atoms with Crippen molar-refractivity contribution in [2.45, 2.75) is 46.1 Å². The van der Waals surface area contributed by atoms with Gasteiger partial charge in [-0.3, -0.25) is 14.5 Å². The topological polar surface area (TPSA) is 124 Å². The molecule has 2 aromatic carbocycles. The molecular formula is C31H32N2O8S. The summed E-state index contributed by atoms with van der Waals surface area (Å²) in [5, 5.41) is 11.7. The van der Waals surface area contributed by atoms with Gasteiger partial charge in [-0.15, -0.1) is 0 Å². The molecule has 1 unspecified atom stereocenters. The molecule has 0 bridgehead atoms. The number of amides is 1. The SMILES string of the molecule is CCCCCOc1cccc(C2/C(=C(\O)c3ccc4c(c3)OCCO4)C(=O)C(=O)N2c2nc(C)c(C(=O)OCC)s2)c1. The van der Waals surface area contributed by atoms with Crippen molar-refractivity contribution in [3.63, 3.8) is 0 Å². The molecule has 42 heavy (non-hydrogen) atoms. The maximum Gasteiger partial charge on any atom is 0.350 e. The second-order valence-electron chi connectivity index (χ2n) is 9.79. The van der Waals surface area contributed by atoms with Crippen LogP contribution in [0.2, 0.25) is 0 Å². The van der Waals surface area contributed by atoms with Gasteiger partial charge in [-0.25, -0.2) is 9.78 Å². The van der Waals surface area contributed by atoms with Gasteiger partial charge in [-0.2, -0.15) is 0 Å². The number of carbonyl (C=O) groups excluding carboxylic acids is 3. The standard InChI is InChI=1S/C31H32N2O8S/c1-4-6-7-13-39-21-10-8-9-19(16-21)25-24(26(34)20-11-12-22-23(17-20)41-15-14-40-22)27(35)29(36)33(25)31-32-18(3)28(42-31)30(37)38-5-2/h8-12,16-17,25,34H,4-7,13-15H2,1-3H3/b26-24+. The van der Waals surface area contributed by atoms with E-state index < -0.39 is 23.7 Å². The van der Waals surface area contributed by atoms with Crippen LogP contribution in [0.4, 0.5) is 5.13 Å². The third-order valence-electron chi connectivity index (χ3n) is 6.90. The average Bonchev–Trinajstić information content (AvgIpc) is 3.51. The molecule has 5 rings (SSSR count). The predicted octanol–water partition coefficient (Wildman–Crippen LogP) is 5.59. The molecule has 1 N–H and O–H groups in total. The van der Waals surface area contributed by atoms with Crippen molar-refractivity contribution in [2.75, 3.05) is 31.3 Å². The number of aryl methyl sites for hydroxylation is 1. The highest BCUT2D eigenvalue weighted by Gasteiger charge is 2.48. The van der Waals surface area contributed by atoms with Gasteiger partial charge < -0.3 is 24.1 Å². The van der Waals surface area contributed by atoms with Crippen LogP contribution in [0.25, 0.3) is 5.76 Å². The first-order valence-electron chi connectivity index (χ1n) is 13.9. The second kappa shape index (κ2) is 12.6. The molecule has 220 valence electrons. The minimum Gasteiger partial charge on any atom is -0.507 e. The number of ketones is 1. The number of aliphatic hydroxyl groups excluding tert-OH is 1. The molecule has 2 aliphatic heterocycles. The van der Waals surface area contributed by atoms with E-state index in [4.69, 9.17) is 18.9 Å². The third-order valence-corrected chi connectivity index (χ3v) is 8.04. The molecule has 10 nitrogen and oxygen atoms in total. The van der Waals surface area contributed by atoms with E-state index in [1.165, 1.54) is 4.90 Å². The summed E-state index contributed by atoms with van der Waals surface area (Å²) in [6.45, 7) is 6.89. The Morgan fingerprint density at radius 3 is 2.64 bits per heavy atom. The van der Waals surface area contributed by atoms with Crippen LogP contribution in [0.1, 0.15) is 65.6 Å². The van der Waals surface area contributed by atoms with Crippen LogP contribution in [0, 0.1) is 6.92 Å². The Balaban J connectivity index is 1.62. The van der Waals surface area contributed by atoms with Crippen molar-refractivity contribution < 1.29 is 38.4 Å². The van der Waals surface area contributed by atoms with Crippen LogP contribution >= 0.6 is 11.3 Å². The first-order chi connectivity index (χ1) is 20.3. The number of benzene rings is 2. The van der Waals surface area contributed by atoms with E-state index in [2.05, 4.69) is 11.9 Å². The molecule has 0 radical (unpaired) electrons. The van der Waals surface area contributed by atoms with Crippen LogP contribution < -0.4 is 19.1 Å². The summed E-state index contributed by atoms with van der Waals surface area (Å²) in [6, 6.07) is 10.9. The summed E-state index contributed by atoms with van der Waals surface area (Å²) in [6.07, 6.45) is 2.97. The van der Waals surface area contributed by atoms with Gasteiger partial charge in [0.1, 0.15) is 29.6 Å². The monoisotopic (exact) mass is 592 g/mol. The van der Waals surface area contributed by atoms with E-state index in [1.807, 2.05) is 0 Å². The van der Waals surface area contributed by atoms with Gasteiger partial charge in [0.15, 0.2) is 16.6 Å². The number of nitrogens with zero attached hydrogens (tertiary/aromatic N) is 2. The number of carbonyl (C=O) groups is 3. The number of anilines is 1. The fraction of sp³-hybridized carbons (Fsp3) is 0.355. The van der Waals surface area contributed by atoms with Crippen molar-refractivity contribution >= 4 is 39.9 Å². The lowest BCUT2D eigenvalue weighted by molar-refractivity contribution is -0.132. The number of Topliss-reactive ketones (excluding diaryl/α,β-unsaturated/α-hetero) is 1. The largest absolute Gasteiger partial charge is 0.507 e. The smallest absolute Gasteiger partial charge is 0.350 e. The predicted molar refractivity (Wildman–Crippen MR) is 156 cm³/mol. The molecule has 2 aliphatic rings. The van der Waals surface area contributed by atoms with Crippen molar-refractivity contribution in [1.29, 1.82) is 0 Å². The Labute approximate surface area is 247 Å². The second-order valence-corrected chi connectivity index (χ2v) is 10.8. The molecule has 1 saturated heterocycles. The lowest BCUT2D eigenvalue weighted by Gasteiger charge is -2.24. The Kier molecular flexibility index (Phi) is 8.77. The summed E-state index contributed by atoms with van der Waals surface area (Å²) in [5.74, 6) is -1.18. The van der Waals surface area contributed by atoms with Crippen molar-refractivity contribution in [3.8, 4) is 17.2 Å². The molecular weight excluding hydrogens is 560 g/mol. The van der Waals surface area contributed by atoms with Gasteiger partial charge in [0, 0.05) is 5.56 Å². The minimum atomic E-state index is -1.04. The number of fused-ring (bicyclic) bond motifs is 1. The molecule has 0 spiro atoms. The van der Waals surface area contributed by atoms with Crippen molar-refractivity contribution in [3.05, 3.63) is 69.7 Å². The van der Waals surface area contributed by atoms with Gasteiger partial charge in [0.05, 0.1) is 30.5 Å². The number of rotatable bonds is 10. The number of aromatic nitrogens is 1. The average molecular weight is 593 g/mol. The fourth-order valence-electron chi connectivity index (χ4n) is 4.88. The van der Waals surface area contributed by atoms with Gasteiger partial charge in [-0.1, -0.05) is 43.2 Å². The first-order valence-corrected chi connectivity index (χ1v) is 14.7. The van der Waals surface area contributed by atoms with Crippen LogP contribution in [-0.4, -0.2) is 54.2 Å². The normalized spacial score (nSPS) is 17.4. The molecule has 1 atom stereocenters. The highest BCUT2D eigenvalue weighted by Crippen LogP contribution is 2.45. The molecule has 3 heterocycles. The highest BCUT2D eigenvalue weighted by molar-refractivity contribution is 7.17. The Morgan fingerprint density at radius 1 is 1.10 bits per heavy atom. The molecule has 0 aliphatic carbocycles. The Hall–Kier alpha value is -4.38. The van der Waals surface area contributed by atoms with Crippen molar-refractivity contribution in [1.82, 2.24) is 4.98 Å². The fourth-order valence-corrected chi connectivity index (χ4v) is 5.87. The van der Waals surface area contributed by atoms with E-state index in [1.54, 1.807) is 56.3 Å². The van der Waals surface area contributed by atoms with E-state index >= 15 is 0 Å². The van der Waals surface area contributed by atoms with E-state index in [0.717, 1.165) is 30.6 Å². The minimum absolute atomic E-state index is 0.120. The zero-order valence-electron chi connectivity index (χ0n) is 23.7. The van der Waals surface area contributed by atoms with Crippen LogP contribution in [-0.2, 0) is 14.3 Å². The maximum absolute atomic E-state index is 13.6. The summed E-state index contributed by atoms with van der Waals surface area (Å²) in [4.78, 5) is 45.7. The number of ether oxygens (including phenoxy) is 4. The van der Waals surface area contributed by atoms with Crippen LogP contribution in [0.3, 0.4) is 0 Å². The van der Waals surface area contributed by atoms with E-state index in [9.17, 15) is 19.5 Å².